The molecule has 0 bridgehead atoms. The highest BCUT2D eigenvalue weighted by molar-refractivity contribution is 6.21. The molecule has 2 unspecified atom stereocenters. The summed E-state index contributed by atoms with van der Waals surface area (Å²) < 4.78 is 72.0. The van der Waals surface area contributed by atoms with Gasteiger partial charge in [0, 0.05) is 0 Å². The maximum atomic E-state index is 12.8. The maximum Gasteiger partial charge on any atom is 0.429 e. The molecule has 0 aromatic carbocycles. The Bertz CT molecular complexity index is 167. The molecule has 0 nitrogen and oxygen atoms in total. The minimum Gasteiger partial charge on any atom is -0.226 e. The van der Waals surface area contributed by atoms with Crippen molar-refractivity contribution >= 4 is 11.6 Å². The lowest BCUT2D eigenvalue weighted by molar-refractivity contribution is -0.268. The molecular formula is C6H7ClF6. The van der Waals surface area contributed by atoms with Gasteiger partial charge in [0.15, 0.2) is 0 Å². The second kappa shape index (κ2) is 3.94. The van der Waals surface area contributed by atoms with Crippen molar-refractivity contribution in [2.24, 2.45) is 0 Å². The predicted molar refractivity (Wildman–Crippen MR) is 35.8 cm³/mol. The molecule has 80 valence electrons. The van der Waals surface area contributed by atoms with Gasteiger partial charge in [-0.15, -0.1) is 11.6 Å². The topological polar surface area (TPSA) is 0 Å². The molecule has 0 aliphatic heterocycles. The predicted octanol–water partition coefficient (Wildman–Crippen LogP) is 3.54. The first-order valence-electron chi connectivity index (χ1n) is 3.35. The summed E-state index contributed by atoms with van der Waals surface area (Å²) in [6.45, 7) is 1.10. The summed E-state index contributed by atoms with van der Waals surface area (Å²) in [5.74, 6) is 0. The summed E-state index contributed by atoms with van der Waals surface area (Å²) in [7, 11) is 0. The van der Waals surface area contributed by atoms with Gasteiger partial charge in [-0.2, -0.15) is 13.2 Å². The van der Waals surface area contributed by atoms with Crippen LogP contribution in [-0.2, 0) is 0 Å². The van der Waals surface area contributed by atoms with E-state index >= 15 is 0 Å². The van der Waals surface area contributed by atoms with E-state index in [1.807, 2.05) is 0 Å². The quantitative estimate of drug-likeness (QED) is 0.512. The Labute approximate surface area is 75.9 Å². The van der Waals surface area contributed by atoms with Crippen molar-refractivity contribution in [3.05, 3.63) is 0 Å². The minimum absolute atomic E-state index is 0.526. The van der Waals surface area contributed by atoms with Gasteiger partial charge in [-0.25, -0.2) is 13.2 Å². The van der Waals surface area contributed by atoms with Crippen LogP contribution in [0.4, 0.5) is 26.3 Å². The third-order valence-electron chi connectivity index (χ3n) is 1.57. The fourth-order valence-electron chi connectivity index (χ4n) is 0.735. The summed E-state index contributed by atoms with van der Waals surface area (Å²) in [6, 6.07) is 0. The van der Waals surface area contributed by atoms with Gasteiger partial charge in [-0.1, -0.05) is 6.92 Å². The zero-order valence-corrected chi connectivity index (χ0v) is 7.26. The number of hydrogen-bond acceptors (Lipinski definition) is 0. The van der Waals surface area contributed by atoms with Crippen LogP contribution in [0.15, 0.2) is 0 Å². The third kappa shape index (κ3) is 2.21. The third-order valence-corrected chi connectivity index (χ3v) is 2.19. The second-order valence-corrected chi connectivity index (χ2v) is 2.97. The van der Waals surface area contributed by atoms with Gasteiger partial charge in [0.05, 0.1) is 5.38 Å². The molecule has 0 aromatic rings. The van der Waals surface area contributed by atoms with E-state index < -0.39 is 30.1 Å². The van der Waals surface area contributed by atoms with Gasteiger partial charge in [0.2, 0.25) is 0 Å². The fraction of sp³-hybridized carbons (Fsp3) is 1.00. The van der Waals surface area contributed by atoms with Gasteiger partial charge in [0.1, 0.15) is 0 Å². The van der Waals surface area contributed by atoms with E-state index in [0.29, 0.717) is 0 Å². The molecule has 0 aromatic heterocycles. The second-order valence-electron chi connectivity index (χ2n) is 2.44. The van der Waals surface area contributed by atoms with Crippen molar-refractivity contribution < 1.29 is 26.3 Å². The Morgan fingerprint density at radius 1 is 1.15 bits per heavy atom. The Balaban J connectivity index is 4.96. The van der Waals surface area contributed by atoms with Gasteiger partial charge in [0.25, 0.3) is 12.1 Å². The van der Waals surface area contributed by atoms with Crippen LogP contribution in [0.1, 0.15) is 13.3 Å². The van der Waals surface area contributed by atoms with Crippen LogP contribution in [0.5, 0.6) is 0 Å². The highest BCUT2D eigenvalue weighted by atomic mass is 35.5. The fourth-order valence-corrected chi connectivity index (χ4v) is 0.954. The van der Waals surface area contributed by atoms with Crippen LogP contribution < -0.4 is 0 Å². The lowest BCUT2D eigenvalue weighted by atomic mass is 9.99. The molecule has 2 atom stereocenters. The SMILES string of the molecule is CCC(Cl)C(F)(C(F)F)C(F)(F)F. The summed E-state index contributed by atoms with van der Waals surface area (Å²) in [5, 5.41) is -2.27. The van der Waals surface area contributed by atoms with Crippen LogP contribution in [0, 0.1) is 0 Å². The summed E-state index contributed by atoms with van der Waals surface area (Å²) in [6.07, 6.45) is -10.3. The standard InChI is InChI=1S/C6H7ClF6/c1-2-3(7)5(10,4(8)9)6(11,12)13/h3-4H,2H2,1H3. The number of halogens is 7. The van der Waals surface area contributed by atoms with E-state index in [9.17, 15) is 26.3 Å². The van der Waals surface area contributed by atoms with E-state index in [1.165, 1.54) is 0 Å². The van der Waals surface area contributed by atoms with Crippen LogP contribution in [-0.4, -0.2) is 23.6 Å². The highest BCUT2D eigenvalue weighted by Gasteiger charge is 2.66. The molecule has 0 spiro atoms. The van der Waals surface area contributed by atoms with E-state index in [1.54, 1.807) is 0 Å². The van der Waals surface area contributed by atoms with E-state index in [2.05, 4.69) is 0 Å². The van der Waals surface area contributed by atoms with Crippen LogP contribution in [0.25, 0.3) is 0 Å². The average Bonchev–Trinajstić information content (AvgIpc) is 1.98. The molecule has 0 saturated heterocycles. The molecule has 13 heavy (non-hydrogen) atoms. The number of rotatable bonds is 3. The zero-order chi connectivity index (χ0) is 10.9. The van der Waals surface area contributed by atoms with Crippen molar-refractivity contribution in [3.63, 3.8) is 0 Å². The first-order valence-corrected chi connectivity index (χ1v) is 3.79. The monoisotopic (exact) mass is 228 g/mol. The van der Waals surface area contributed by atoms with E-state index in [-0.39, 0.29) is 0 Å². The van der Waals surface area contributed by atoms with E-state index in [4.69, 9.17) is 11.6 Å². The zero-order valence-electron chi connectivity index (χ0n) is 6.51. The van der Waals surface area contributed by atoms with Gasteiger partial charge < -0.3 is 0 Å². The first-order chi connectivity index (χ1) is 5.67. The normalized spacial score (nSPS) is 20.1. The largest absolute Gasteiger partial charge is 0.429 e. The molecule has 0 aliphatic rings. The molecule has 0 radical (unpaired) electrons. The summed E-state index contributed by atoms with van der Waals surface area (Å²) in [4.78, 5) is 0. The summed E-state index contributed by atoms with van der Waals surface area (Å²) in [5.41, 5.74) is -4.62. The average molecular weight is 229 g/mol. The van der Waals surface area contributed by atoms with Gasteiger partial charge in [-0.05, 0) is 6.42 Å². The Hall–Kier alpha value is -0.130. The van der Waals surface area contributed by atoms with E-state index in [0.717, 1.165) is 6.92 Å². The van der Waals surface area contributed by atoms with Crippen molar-refractivity contribution in [1.82, 2.24) is 0 Å². The number of hydrogen-bond donors (Lipinski definition) is 0. The van der Waals surface area contributed by atoms with Crippen LogP contribution in [0.2, 0.25) is 0 Å². The Kier molecular flexibility index (Phi) is 3.90. The van der Waals surface area contributed by atoms with Crippen LogP contribution >= 0.6 is 11.6 Å². The smallest absolute Gasteiger partial charge is 0.226 e. The highest BCUT2D eigenvalue weighted by Crippen LogP contribution is 2.44. The number of alkyl halides is 7. The van der Waals surface area contributed by atoms with Gasteiger partial charge >= 0.3 is 6.18 Å². The molecule has 0 fully saturated rings. The lowest BCUT2D eigenvalue weighted by Gasteiger charge is -2.30. The molecule has 0 heterocycles. The van der Waals surface area contributed by atoms with Crippen molar-refractivity contribution in [3.8, 4) is 0 Å². The molecule has 0 saturated carbocycles. The molecule has 0 aliphatic carbocycles. The van der Waals surface area contributed by atoms with Crippen molar-refractivity contribution in [1.29, 1.82) is 0 Å². The molecule has 0 amide bonds. The maximum absolute atomic E-state index is 12.8. The molecule has 0 N–H and O–H groups in total. The van der Waals surface area contributed by atoms with Crippen molar-refractivity contribution in [2.45, 2.75) is 37.0 Å². The molecular weight excluding hydrogens is 222 g/mol. The van der Waals surface area contributed by atoms with Crippen molar-refractivity contribution in [2.75, 3.05) is 0 Å². The van der Waals surface area contributed by atoms with Crippen LogP contribution in [0.3, 0.4) is 0 Å². The van der Waals surface area contributed by atoms with Gasteiger partial charge in [-0.3, -0.25) is 0 Å². The summed E-state index contributed by atoms with van der Waals surface area (Å²) >= 11 is 4.88. The first kappa shape index (κ1) is 12.9. The molecule has 0 rings (SSSR count). The Morgan fingerprint density at radius 2 is 1.54 bits per heavy atom. The Morgan fingerprint density at radius 3 is 1.62 bits per heavy atom. The lowest BCUT2D eigenvalue weighted by Crippen LogP contribution is -2.54. The minimum atomic E-state index is -5.65. The molecule has 7 heteroatoms.